The summed E-state index contributed by atoms with van der Waals surface area (Å²) in [5.41, 5.74) is 13.0. The number of nitrogens with two attached hydrogens (primary N) is 2. The van der Waals surface area contributed by atoms with E-state index in [1.165, 1.54) is 4.90 Å². The Bertz CT molecular complexity index is 1230. The van der Waals surface area contributed by atoms with Gasteiger partial charge in [0.05, 0.1) is 0 Å². The molecule has 0 aromatic heterocycles. The number of nitrogen functional groups attached to an aromatic ring is 1. The topological polar surface area (TPSA) is 117 Å². The number of amidine groups is 1. The molecule has 3 aromatic rings. The third-order valence-electron chi connectivity index (χ3n) is 7.09. The molecule has 5 N–H and O–H groups in total. The molecule has 0 unspecified atom stereocenters. The van der Waals surface area contributed by atoms with Crippen molar-refractivity contribution in [1.82, 2.24) is 4.90 Å². The number of likely N-dealkylation sites (N-methyl/N-ethyl adjacent to an activating group) is 1. The number of hydrogen-bond acceptors (Lipinski definition) is 4. The fourth-order valence-corrected chi connectivity index (χ4v) is 4.82. The standard InChI is InChI=1S/C28H33N5O2/c1-32(24-12-9-19(17-29)10-13-24)26(34)18-33(25-14-11-20-5-2-3-6-21(20)16-25)28(35)23-8-4-7-22(15-23)27(30)31/h2-8,11,14-16,19,24H,9-10,12-13,17-18,29H2,1H3,(H3,30,31). The molecule has 0 spiro atoms. The second-order valence-corrected chi connectivity index (χ2v) is 9.33. The summed E-state index contributed by atoms with van der Waals surface area (Å²) in [6.07, 6.45) is 3.89. The fourth-order valence-electron chi connectivity index (χ4n) is 4.82. The molecular weight excluding hydrogens is 438 g/mol. The van der Waals surface area contributed by atoms with Crippen LogP contribution in [0.2, 0.25) is 0 Å². The normalized spacial score (nSPS) is 17.7. The maximum atomic E-state index is 13.7. The Balaban J connectivity index is 1.63. The minimum atomic E-state index is -0.308. The van der Waals surface area contributed by atoms with Gasteiger partial charge < -0.3 is 16.4 Å². The van der Waals surface area contributed by atoms with Crippen molar-refractivity contribution >= 4 is 34.1 Å². The smallest absolute Gasteiger partial charge is 0.258 e. The maximum Gasteiger partial charge on any atom is 0.258 e. The first-order valence-corrected chi connectivity index (χ1v) is 12.1. The van der Waals surface area contributed by atoms with E-state index in [1.54, 1.807) is 29.2 Å². The third kappa shape index (κ3) is 5.52. The van der Waals surface area contributed by atoms with Crippen LogP contribution in [0.5, 0.6) is 0 Å². The average molecular weight is 472 g/mol. The molecule has 0 bridgehead atoms. The van der Waals surface area contributed by atoms with Crippen LogP contribution in [-0.4, -0.2) is 48.7 Å². The minimum Gasteiger partial charge on any atom is -0.384 e. The second kappa shape index (κ2) is 10.7. The molecule has 182 valence electrons. The molecule has 2 amide bonds. The highest BCUT2D eigenvalue weighted by molar-refractivity contribution is 6.10. The SMILES string of the molecule is CN(C(=O)CN(C(=O)c1cccc(C(=N)N)c1)c1ccc2ccccc2c1)C1CCC(CN)CC1. The Kier molecular flexibility index (Phi) is 7.46. The number of carbonyl (C=O) groups is 2. The first kappa shape index (κ1) is 24.4. The van der Waals surface area contributed by atoms with E-state index in [0.717, 1.165) is 36.5 Å². The highest BCUT2D eigenvalue weighted by Crippen LogP contribution is 2.28. The Morgan fingerprint density at radius 2 is 1.60 bits per heavy atom. The van der Waals surface area contributed by atoms with Gasteiger partial charge in [-0.1, -0.05) is 42.5 Å². The van der Waals surface area contributed by atoms with Crippen molar-refractivity contribution in [3.05, 3.63) is 77.9 Å². The highest BCUT2D eigenvalue weighted by atomic mass is 16.2. The molecule has 1 fully saturated rings. The van der Waals surface area contributed by atoms with E-state index >= 15 is 0 Å². The van der Waals surface area contributed by atoms with E-state index in [9.17, 15) is 9.59 Å². The summed E-state index contributed by atoms with van der Waals surface area (Å²) in [5, 5.41) is 9.77. The zero-order valence-electron chi connectivity index (χ0n) is 20.1. The quantitative estimate of drug-likeness (QED) is 0.359. The number of benzene rings is 3. The van der Waals surface area contributed by atoms with Crippen LogP contribution in [0, 0.1) is 11.3 Å². The highest BCUT2D eigenvalue weighted by Gasteiger charge is 2.29. The summed E-state index contributed by atoms with van der Waals surface area (Å²) in [5.74, 6) is 0.00202. The van der Waals surface area contributed by atoms with E-state index in [1.807, 2.05) is 49.5 Å². The predicted octanol–water partition coefficient (Wildman–Crippen LogP) is 3.75. The molecule has 3 aromatic carbocycles. The number of amides is 2. The van der Waals surface area contributed by atoms with Crippen LogP contribution in [-0.2, 0) is 4.79 Å². The second-order valence-electron chi connectivity index (χ2n) is 9.33. The van der Waals surface area contributed by atoms with Gasteiger partial charge in [-0.25, -0.2) is 0 Å². The average Bonchev–Trinajstić information content (AvgIpc) is 2.90. The molecule has 7 heteroatoms. The van der Waals surface area contributed by atoms with Crippen molar-refractivity contribution in [1.29, 1.82) is 5.41 Å². The van der Waals surface area contributed by atoms with E-state index in [0.29, 0.717) is 29.3 Å². The molecule has 0 saturated heterocycles. The van der Waals surface area contributed by atoms with Crippen molar-refractivity contribution in [3.8, 4) is 0 Å². The molecule has 0 radical (unpaired) electrons. The van der Waals surface area contributed by atoms with Crippen molar-refractivity contribution in [2.75, 3.05) is 25.0 Å². The van der Waals surface area contributed by atoms with E-state index in [4.69, 9.17) is 16.9 Å². The van der Waals surface area contributed by atoms with Crippen LogP contribution >= 0.6 is 0 Å². The first-order valence-electron chi connectivity index (χ1n) is 12.1. The monoisotopic (exact) mass is 471 g/mol. The summed E-state index contributed by atoms with van der Waals surface area (Å²) in [6, 6.07) is 20.5. The van der Waals surface area contributed by atoms with Crippen molar-refractivity contribution in [2.24, 2.45) is 17.4 Å². The Morgan fingerprint density at radius 3 is 2.29 bits per heavy atom. The lowest BCUT2D eigenvalue weighted by atomic mass is 9.85. The largest absolute Gasteiger partial charge is 0.384 e. The molecular formula is C28H33N5O2. The molecule has 0 heterocycles. The van der Waals surface area contributed by atoms with Gasteiger partial charge in [-0.2, -0.15) is 0 Å². The number of hydrogen-bond donors (Lipinski definition) is 3. The van der Waals surface area contributed by atoms with Crippen LogP contribution in [0.15, 0.2) is 66.7 Å². The predicted molar refractivity (Wildman–Crippen MR) is 141 cm³/mol. The summed E-state index contributed by atoms with van der Waals surface area (Å²) in [6.45, 7) is 0.614. The first-order chi connectivity index (χ1) is 16.9. The fraction of sp³-hybridized carbons (Fsp3) is 0.321. The molecule has 0 aliphatic heterocycles. The van der Waals surface area contributed by atoms with Crippen LogP contribution < -0.4 is 16.4 Å². The molecule has 1 aliphatic carbocycles. The van der Waals surface area contributed by atoms with Gasteiger partial charge in [-0.3, -0.25) is 19.9 Å². The molecule has 4 rings (SSSR count). The molecule has 1 saturated carbocycles. The number of nitrogens with zero attached hydrogens (tertiary/aromatic N) is 2. The lowest BCUT2D eigenvalue weighted by molar-refractivity contribution is -0.131. The van der Waals surface area contributed by atoms with Gasteiger partial charge in [0.15, 0.2) is 0 Å². The Hall–Kier alpha value is -3.71. The molecule has 0 atom stereocenters. The summed E-state index contributed by atoms with van der Waals surface area (Å²) in [4.78, 5) is 30.4. The molecule has 35 heavy (non-hydrogen) atoms. The van der Waals surface area contributed by atoms with Crippen LogP contribution in [0.3, 0.4) is 0 Å². The number of rotatable bonds is 7. The maximum absolute atomic E-state index is 13.7. The lowest BCUT2D eigenvalue weighted by Gasteiger charge is -2.35. The van der Waals surface area contributed by atoms with Gasteiger partial charge in [0.1, 0.15) is 12.4 Å². The van der Waals surface area contributed by atoms with Crippen molar-refractivity contribution < 1.29 is 9.59 Å². The van der Waals surface area contributed by atoms with Gasteiger partial charge in [-0.15, -0.1) is 0 Å². The van der Waals surface area contributed by atoms with Crippen LogP contribution in [0.25, 0.3) is 10.8 Å². The summed E-state index contributed by atoms with van der Waals surface area (Å²) in [7, 11) is 1.83. The zero-order valence-corrected chi connectivity index (χ0v) is 20.1. The van der Waals surface area contributed by atoms with E-state index in [2.05, 4.69) is 0 Å². The lowest BCUT2D eigenvalue weighted by Crippen LogP contribution is -2.46. The van der Waals surface area contributed by atoms with Crippen LogP contribution in [0.1, 0.15) is 41.6 Å². The number of nitrogens with one attached hydrogen (secondary N) is 1. The molecule has 1 aliphatic rings. The number of anilines is 1. The van der Waals surface area contributed by atoms with Gasteiger partial charge in [0.2, 0.25) is 5.91 Å². The zero-order chi connectivity index (χ0) is 24.9. The Labute approximate surface area is 206 Å². The van der Waals surface area contributed by atoms with Gasteiger partial charge in [0.25, 0.3) is 5.91 Å². The van der Waals surface area contributed by atoms with Crippen LogP contribution in [0.4, 0.5) is 5.69 Å². The van der Waals surface area contributed by atoms with Gasteiger partial charge in [-0.05, 0) is 73.2 Å². The third-order valence-corrected chi connectivity index (χ3v) is 7.09. The van der Waals surface area contributed by atoms with E-state index < -0.39 is 0 Å². The number of fused-ring (bicyclic) bond motifs is 1. The van der Waals surface area contributed by atoms with Gasteiger partial charge in [0, 0.05) is 29.9 Å². The van der Waals surface area contributed by atoms with E-state index in [-0.39, 0.29) is 30.2 Å². The minimum absolute atomic E-state index is 0.0746. The summed E-state index contributed by atoms with van der Waals surface area (Å²) < 4.78 is 0. The van der Waals surface area contributed by atoms with Gasteiger partial charge >= 0.3 is 0 Å². The summed E-state index contributed by atoms with van der Waals surface area (Å²) >= 11 is 0. The molecule has 7 nitrogen and oxygen atoms in total. The van der Waals surface area contributed by atoms with Crippen molar-refractivity contribution in [3.63, 3.8) is 0 Å². The Morgan fingerprint density at radius 1 is 0.914 bits per heavy atom. The van der Waals surface area contributed by atoms with Crippen molar-refractivity contribution in [2.45, 2.75) is 31.7 Å². The number of carbonyl (C=O) groups excluding carboxylic acids is 2.